The van der Waals surface area contributed by atoms with Crippen LogP contribution in [0, 0.1) is 0 Å². The van der Waals surface area contributed by atoms with Crippen molar-refractivity contribution in [2.75, 3.05) is 27.3 Å². The lowest BCUT2D eigenvalue weighted by atomic mass is 10.1. The zero-order valence-electron chi connectivity index (χ0n) is 15.6. The van der Waals surface area contributed by atoms with Crippen LogP contribution in [0.2, 0.25) is 0 Å². The van der Waals surface area contributed by atoms with Gasteiger partial charge in [-0.15, -0.1) is 0 Å². The van der Waals surface area contributed by atoms with E-state index < -0.39 is 28.5 Å². The molecule has 0 bridgehead atoms. The lowest BCUT2D eigenvalue weighted by molar-refractivity contribution is -0.124. The van der Waals surface area contributed by atoms with Crippen LogP contribution in [0.25, 0.3) is 0 Å². The van der Waals surface area contributed by atoms with Gasteiger partial charge in [0.1, 0.15) is 0 Å². The van der Waals surface area contributed by atoms with Crippen LogP contribution in [0.15, 0.2) is 59.5 Å². The highest BCUT2D eigenvalue weighted by Crippen LogP contribution is 2.15. The Labute approximate surface area is 164 Å². The predicted molar refractivity (Wildman–Crippen MR) is 102 cm³/mol. The first-order valence-electron chi connectivity index (χ1n) is 8.45. The highest BCUT2D eigenvalue weighted by atomic mass is 32.2. The maximum Gasteiger partial charge on any atom is 0.338 e. The molecule has 0 aliphatic rings. The molecule has 8 nitrogen and oxygen atoms in total. The highest BCUT2D eigenvalue weighted by molar-refractivity contribution is 7.89. The molecule has 150 valence electrons. The van der Waals surface area contributed by atoms with Crippen molar-refractivity contribution in [1.29, 1.82) is 0 Å². The number of sulfonamides is 1. The van der Waals surface area contributed by atoms with E-state index in [0.29, 0.717) is 17.4 Å². The van der Waals surface area contributed by atoms with Gasteiger partial charge in [-0.2, -0.15) is 0 Å². The van der Waals surface area contributed by atoms with Crippen LogP contribution in [0.1, 0.15) is 15.9 Å². The largest absolute Gasteiger partial charge is 0.452 e. The maximum absolute atomic E-state index is 12.1. The van der Waals surface area contributed by atoms with E-state index in [4.69, 9.17) is 4.74 Å². The van der Waals surface area contributed by atoms with Gasteiger partial charge in [-0.3, -0.25) is 9.63 Å². The molecule has 1 amide bonds. The van der Waals surface area contributed by atoms with Gasteiger partial charge < -0.3 is 10.1 Å². The third-order valence-electron chi connectivity index (χ3n) is 3.90. The summed E-state index contributed by atoms with van der Waals surface area (Å²) in [5.74, 6) is -1.13. The summed E-state index contributed by atoms with van der Waals surface area (Å²) in [7, 11) is -1.31. The van der Waals surface area contributed by atoms with Crippen LogP contribution in [0.5, 0.6) is 0 Å². The summed E-state index contributed by atoms with van der Waals surface area (Å²) in [6.45, 7) is 0.0139. The Morgan fingerprint density at radius 2 is 1.68 bits per heavy atom. The zero-order valence-corrected chi connectivity index (χ0v) is 16.4. The summed E-state index contributed by atoms with van der Waals surface area (Å²) in [5, 5.41) is 2.67. The Morgan fingerprint density at radius 3 is 2.29 bits per heavy atom. The molecule has 0 radical (unpaired) electrons. The van der Waals surface area contributed by atoms with Crippen molar-refractivity contribution in [2.24, 2.45) is 0 Å². The molecule has 0 saturated heterocycles. The lowest BCUT2D eigenvalue weighted by Crippen LogP contribution is -2.30. The quantitative estimate of drug-likeness (QED) is 0.499. The van der Waals surface area contributed by atoms with Crippen LogP contribution in [0.3, 0.4) is 0 Å². The molecule has 0 unspecified atom stereocenters. The fourth-order valence-electron chi connectivity index (χ4n) is 2.27. The Morgan fingerprint density at radius 1 is 1.04 bits per heavy atom. The number of hydrogen-bond donors (Lipinski definition) is 1. The van der Waals surface area contributed by atoms with E-state index in [9.17, 15) is 18.0 Å². The molecule has 28 heavy (non-hydrogen) atoms. The summed E-state index contributed by atoms with van der Waals surface area (Å²) in [6, 6.07) is 14.8. The third-order valence-corrected chi connectivity index (χ3v) is 5.59. The molecule has 2 rings (SSSR count). The number of ether oxygens (including phenoxy) is 1. The molecule has 2 aromatic carbocycles. The smallest absolute Gasteiger partial charge is 0.338 e. The zero-order chi connectivity index (χ0) is 20.6. The maximum atomic E-state index is 12.1. The number of rotatable bonds is 9. The number of hydrogen-bond acceptors (Lipinski definition) is 6. The summed E-state index contributed by atoms with van der Waals surface area (Å²) in [6.07, 6.45) is 0.673. The van der Waals surface area contributed by atoms with Gasteiger partial charge in [-0.1, -0.05) is 34.8 Å². The first kappa shape index (κ1) is 21.5. The van der Waals surface area contributed by atoms with Gasteiger partial charge in [0.2, 0.25) is 0 Å². The molecule has 0 aromatic heterocycles. The molecule has 0 aliphatic carbocycles. The van der Waals surface area contributed by atoms with Crippen molar-refractivity contribution in [3.8, 4) is 0 Å². The fourth-order valence-corrected chi connectivity index (χ4v) is 3.24. The van der Waals surface area contributed by atoms with E-state index >= 15 is 0 Å². The van der Waals surface area contributed by atoms with E-state index in [1.165, 1.54) is 38.4 Å². The van der Waals surface area contributed by atoms with E-state index in [-0.39, 0.29) is 10.5 Å². The molecule has 0 heterocycles. The molecule has 1 N–H and O–H groups in total. The number of esters is 1. The van der Waals surface area contributed by atoms with Crippen LogP contribution in [0.4, 0.5) is 0 Å². The van der Waals surface area contributed by atoms with Crippen molar-refractivity contribution in [3.63, 3.8) is 0 Å². The number of nitrogens with zero attached hydrogens (tertiary/aromatic N) is 1. The van der Waals surface area contributed by atoms with E-state index in [2.05, 4.69) is 10.2 Å². The van der Waals surface area contributed by atoms with Crippen LogP contribution < -0.4 is 5.32 Å². The molecular formula is C19H22N2O6S. The van der Waals surface area contributed by atoms with E-state index in [0.717, 1.165) is 5.56 Å². The Kier molecular flexibility index (Phi) is 7.68. The average molecular weight is 406 g/mol. The average Bonchev–Trinajstić information content (AvgIpc) is 2.72. The summed E-state index contributed by atoms with van der Waals surface area (Å²) < 4.78 is 29.8. The number of nitrogens with one attached hydrogen (secondary N) is 1. The minimum atomic E-state index is -3.80. The molecule has 0 aliphatic heterocycles. The number of carbonyl (C=O) groups excluding carboxylic acids is 2. The number of hydroxylamine groups is 1. The van der Waals surface area contributed by atoms with E-state index in [1.54, 1.807) is 0 Å². The molecule has 9 heteroatoms. The van der Waals surface area contributed by atoms with E-state index in [1.807, 2.05) is 30.3 Å². The van der Waals surface area contributed by atoms with Gasteiger partial charge >= 0.3 is 5.97 Å². The first-order chi connectivity index (χ1) is 13.3. The van der Waals surface area contributed by atoms with Gasteiger partial charge in [0, 0.05) is 13.6 Å². The fraction of sp³-hybridized carbons (Fsp3) is 0.263. The Hall–Kier alpha value is -2.75. The van der Waals surface area contributed by atoms with Crippen LogP contribution >= 0.6 is 0 Å². The normalized spacial score (nSPS) is 11.2. The molecule has 0 spiro atoms. The SMILES string of the molecule is CON(C)S(=O)(=O)c1ccc(C(=O)OCC(=O)NCCc2ccccc2)cc1. The van der Waals surface area contributed by atoms with Crippen molar-refractivity contribution < 1.29 is 27.6 Å². The second-order valence-electron chi connectivity index (χ2n) is 5.78. The second-order valence-corrected chi connectivity index (χ2v) is 7.72. The third kappa shape index (κ3) is 5.88. The number of carbonyl (C=O) groups is 2. The topological polar surface area (TPSA) is 102 Å². The Balaban J connectivity index is 1.81. The van der Waals surface area contributed by atoms with Crippen LogP contribution in [-0.2, 0) is 30.8 Å². The standard InChI is InChI=1S/C19H22N2O6S/c1-21(26-2)28(24,25)17-10-8-16(9-11-17)19(23)27-14-18(22)20-13-12-15-6-4-3-5-7-15/h3-11H,12-14H2,1-2H3,(H,20,22). The van der Waals surface area contributed by atoms with Crippen LogP contribution in [-0.4, -0.2) is 52.1 Å². The minimum absolute atomic E-state index is 0.0351. The van der Waals surface area contributed by atoms with Gasteiger partial charge in [0.05, 0.1) is 17.6 Å². The monoisotopic (exact) mass is 406 g/mol. The number of amides is 1. The summed E-state index contributed by atoms with van der Waals surface area (Å²) >= 11 is 0. The highest BCUT2D eigenvalue weighted by Gasteiger charge is 2.21. The molecular weight excluding hydrogens is 384 g/mol. The molecule has 0 saturated carbocycles. The van der Waals surface area contributed by atoms with Crippen molar-refractivity contribution >= 4 is 21.9 Å². The van der Waals surface area contributed by atoms with Gasteiger partial charge in [-0.05, 0) is 36.2 Å². The second kappa shape index (κ2) is 9.98. The van der Waals surface area contributed by atoms with Crippen molar-refractivity contribution in [1.82, 2.24) is 9.79 Å². The minimum Gasteiger partial charge on any atom is -0.452 e. The lowest BCUT2D eigenvalue weighted by Gasteiger charge is -2.14. The predicted octanol–water partition coefficient (Wildman–Crippen LogP) is 1.38. The number of benzene rings is 2. The summed E-state index contributed by atoms with van der Waals surface area (Å²) in [4.78, 5) is 28.4. The first-order valence-corrected chi connectivity index (χ1v) is 9.89. The molecule has 0 fully saturated rings. The molecule has 2 aromatic rings. The Bertz CT molecular complexity index is 898. The van der Waals surface area contributed by atoms with Gasteiger partial charge in [-0.25, -0.2) is 13.2 Å². The molecule has 0 atom stereocenters. The summed E-state index contributed by atoms with van der Waals surface area (Å²) in [5.41, 5.74) is 1.23. The van der Waals surface area contributed by atoms with Crippen molar-refractivity contribution in [2.45, 2.75) is 11.3 Å². The van der Waals surface area contributed by atoms with Gasteiger partial charge in [0.25, 0.3) is 15.9 Å². The van der Waals surface area contributed by atoms with Crippen molar-refractivity contribution in [3.05, 3.63) is 65.7 Å². The van der Waals surface area contributed by atoms with Gasteiger partial charge in [0.15, 0.2) is 6.61 Å².